The molecule has 6 heteroatoms. The van der Waals surface area contributed by atoms with Gasteiger partial charge in [-0.15, -0.1) is 0 Å². The molecule has 0 amide bonds. The van der Waals surface area contributed by atoms with Crippen LogP contribution in [0.25, 0.3) is 0 Å². The lowest BCUT2D eigenvalue weighted by Gasteiger charge is -2.17. The van der Waals surface area contributed by atoms with Crippen LogP contribution in [0.1, 0.15) is 11.7 Å². The standard InChI is InChI=1S/C9H9F3O3/c10-4-1-2-5(11)8(12)7(4)9(15)6(14)3-13/h1-2,6,9,13-15H,3H2. The zero-order valence-corrected chi connectivity index (χ0v) is 7.49. The van der Waals surface area contributed by atoms with Crippen molar-refractivity contribution >= 4 is 0 Å². The van der Waals surface area contributed by atoms with Crippen molar-refractivity contribution in [2.24, 2.45) is 0 Å². The predicted octanol–water partition coefficient (Wildman–Crippen LogP) is 0.491. The number of aliphatic hydroxyl groups is 3. The maximum atomic E-state index is 13.0. The van der Waals surface area contributed by atoms with E-state index in [-0.39, 0.29) is 0 Å². The largest absolute Gasteiger partial charge is 0.394 e. The summed E-state index contributed by atoms with van der Waals surface area (Å²) in [7, 11) is 0. The normalized spacial score (nSPS) is 15.1. The minimum absolute atomic E-state index is 0.562. The van der Waals surface area contributed by atoms with Crippen molar-refractivity contribution in [3.05, 3.63) is 35.1 Å². The van der Waals surface area contributed by atoms with E-state index in [0.717, 1.165) is 0 Å². The fourth-order valence-electron chi connectivity index (χ4n) is 1.11. The Morgan fingerprint density at radius 3 is 2.13 bits per heavy atom. The molecular weight excluding hydrogens is 213 g/mol. The van der Waals surface area contributed by atoms with Gasteiger partial charge in [-0.1, -0.05) is 0 Å². The molecule has 0 aliphatic carbocycles. The Bertz CT molecular complexity index is 357. The molecule has 0 heterocycles. The van der Waals surface area contributed by atoms with Gasteiger partial charge >= 0.3 is 0 Å². The zero-order valence-electron chi connectivity index (χ0n) is 7.49. The van der Waals surface area contributed by atoms with E-state index in [9.17, 15) is 18.3 Å². The topological polar surface area (TPSA) is 60.7 Å². The molecule has 2 atom stereocenters. The van der Waals surface area contributed by atoms with Gasteiger partial charge in [0.25, 0.3) is 0 Å². The van der Waals surface area contributed by atoms with Crippen LogP contribution >= 0.6 is 0 Å². The quantitative estimate of drug-likeness (QED) is 0.652. The number of aliphatic hydroxyl groups excluding tert-OH is 3. The molecule has 1 aromatic carbocycles. The molecule has 0 aliphatic heterocycles. The monoisotopic (exact) mass is 222 g/mol. The van der Waals surface area contributed by atoms with Crippen LogP contribution in [0.2, 0.25) is 0 Å². The molecule has 0 saturated carbocycles. The molecular formula is C9H9F3O3. The molecule has 15 heavy (non-hydrogen) atoms. The van der Waals surface area contributed by atoms with Gasteiger partial charge in [0.15, 0.2) is 11.6 Å². The lowest BCUT2D eigenvalue weighted by Crippen LogP contribution is -2.24. The molecule has 1 rings (SSSR count). The average Bonchev–Trinajstić information content (AvgIpc) is 2.22. The van der Waals surface area contributed by atoms with Gasteiger partial charge in [0, 0.05) is 0 Å². The number of rotatable bonds is 3. The Hall–Kier alpha value is -1.11. The van der Waals surface area contributed by atoms with Gasteiger partial charge in [0.05, 0.1) is 12.2 Å². The zero-order chi connectivity index (χ0) is 11.6. The van der Waals surface area contributed by atoms with Crippen LogP contribution in [0.5, 0.6) is 0 Å². The van der Waals surface area contributed by atoms with Gasteiger partial charge in [-0.2, -0.15) is 0 Å². The van der Waals surface area contributed by atoms with Gasteiger partial charge < -0.3 is 15.3 Å². The average molecular weight is 222 g/mol. The molecule has 2 unspecified atom stereocenters. The third-order valence-electron chi connectivity index (χ3n) is 1.93. The summed E-state index contributed by atoms with van der Waals surface area (Å²) in [6, 6.07) is 1.19. The Balaban J connectivity index is 3.18. The summed E-state index contributed by atoms with van der Waals surface area (Å²) in [5.41, 5.74) is -0.989. The van der Waals surface area contributed by atoms with Gasteiger partial charge in [-0.25, -0.2) is 13.2 Å². The van der Waals surface area contributed by atoms with Crippen LogP contribution in [-0.4, -0.2) is 28.0 Å². The molecule has 84 valence electrons. The van der Waals surface area contributed by atoms with Crippen LogP contribution < -0.4 is 0 Å². The van der Waals surface area contributed by atoms with E-state index < -0.39 is 41.8 Å². The van der Waals surface area contributed by atoms with Crippen LogP contribution in [-0.2, 0) is 0 Å². The molecule has 0 radical (unpaired) electrons. The molecule has 3 N–H and O–H groups in total. The highest BCUT2D eigenvalue weighted by Gasteiger charge is 2.26. The van der Waals surface area contributed by atoms with E-state index in [0.29, 0.717) is 12.1 Å². The summed E-state index contributed by atoms with van der Waals surface area (Å²) in [4.78, 5) is 0. The molecule has 0 saturated heterocycles. The highest BCUT2D eigenvalue weighted by molar-refractivity contribution is 5.24. The third kappa shape index (κ3) is 2.28. The second-order valence-electron chi connectivity index (χ2n) is 2.95. The molecule has 0 aliphatic rings. The molecule has 3 nitrogen and oxygen atoms in total. The first kappa shape index (κ1) is 12.0. The van der Waals surface area contributed by atoms with Crippen molar-refractivity contribution in [1.82, 2.24) is 0 Å². The Labute approximate surface area is 83.4 Å². The highest BCUT2D eigenvalue weighted by atomic mass is 19.2. The minimum atomic E-state index is -2.01. The Kier molecular flexibility index (Phi) is 3.67. The first-order chi connectivity index (χ1) is 6.99. The smallest absolute Gasteiger partial charge is 0.167 e. The Morgan fingerprint density at radius 2 is 1.60 bits per heavy atom. The second kappa shape index (κ2) is 4.61. The Morgan fingerprint density at radius 1 is 1.07 bits per heavy atom. The number of benzene rings is 1. The third-order valence-corrected chi connectivity index (χ3v) is 1.93. The minimum Gasteiger partial charge on any atom is -0.394 e. The molecule has 0 bridgehead atoms. The fraction of sp³-hybridized carbons (Fsp3) is 0.333. The molecule has 0 fully saturated rings. The highest BCUT2D eigenvalue weighted by Crippen LogP contribution is 2.24. The number of hydrogen-bond acceptors (Lipinski definition) is 3. The van der Waals surface area contributed by atoms with Gasteiger partial charge in [0.1, 0.15) is 18.0 Å². The van der Waals surface area contributed by atoms with Gasteiger partial charge in [-0.05, 0) is 12.1 Å². The van der Waals surface area contributed by atoms with E-state index in [4.69, 9.17) is 10.2 Å². The van der Waals surface area contributed by atoms with Crippen molar-refractivity contribution in [3.8, 4) is 0 Å². The molecule has 0 spiro atoms. The maximum absolute atomic E-state index is 13.0. The van der Waals surface area contributed by atoms with Gasteiger partial charge in [0.2, 0.25) is 0 Å². The van der Waals surface area contributed by atoms with E-state index in [1.807, 2.05) is 0 Å². The number of halogens is 3. The lowest BCUT2D eigenvalue weighted by atomic mass is 10.0. The summed E-state index contributed by atoms with van der Waals surface area (Å²) in [5, 5.41) is 26.7. The van der Waals surface area contributed by atoms with E-state index in [2.05, 4.69) is 0 Å². The summed E-state index contributed by atoms with van der Waals surface area (Å²) < 4.78 is 38.7. The SMILES string of the molecule is OCC(O)C(O)c1c(F)ccc(F)c1F. The van der Waals surface area contributed by atoms with E-state index in [1.165, 1.54) is 0 Å². The summed E-state index contributed by atoms with van der Waals surface area (Å²) >= 11 is 0. The van der Waals surface area contributed by atoms with Crippen molar-refractivity contribution in [2.75, 3.05) is 6.61 Å². The molecule has 1 aromatic rings. The molecule has 0 aromatic heterocycles. The van der Waals surface area contributed by atoms with Crippen LogP contribution in [0.3, 0.4) is 0 Å². The lowest BCUT2D eigenvalue weighted by molar-refractivity contribution is -0.0188. The van der Waals surface area contributed by atoms with E-state index in [1.54, 1.807) is 0 Å². The van der Waals surface area contributed by atoms with Crippen LogP contribution in [0.15, 0.2) is 12.1 Å². The first-order valence-corrected chi connectivity index (χ1v) is 4.09. The van der Waals surface area contributed by atoms with Crippen molar-refractivity contribution in [2.45, 2.75) is 12.2 Å². The van der Waals surface area contributed by atoms with Crippen molar-refractivity contribution < 1.29 is 28.5 Å². The predicted molar refractivity (Wildman–Crippen MR) is 44.4 cm³/mol. The van der Waals surface area contributed by atoms with Crippen LogP contribution in [0, 0.1) is 17.5 Å². The first-order valence-electron chi connectivity index (χ1n) is 4.09. The maximum Gasteiger partial charge on any atom is 0.167 e. The number of hydrogen-bond donors (Lipinski definition) is 3. The summed E-state index contributed by atoms with van der Waals surface area (Å²) in [5.74, 6) is -4.10. The second-order valence-corrected chi connectivity index (χ2v) is 2.95. The van der Waals surface area contributed by atoms with Crippen molar-refractivity contribution in [3.63, 3.8) is 0 Å². The van der Waals surface area contributed by atoms with Crippen molar-refractivity contribution in [1.29, 1.82) is 0 Å². The fourth-order valence-corrected chi connectivity index (χ4v) is 1.11. The summed E-state index contributed by atoms with van der Waals surface area (Å²) in [6.07, 6.45) is -3.78. The van der Waals surface area contributed by atoms with Crippen LogP contribution in [0.4, 0.5) is 13.2 Å². The van der Waals surface area contributed by atoms with Gasteiger partial charge in [-0.3, -0.25) is 0 Å². The van der Waals surface area contributed by atoms with E-state index >= 15 is 0 Å². The summed E-state index contributed by atoms with van der Waals surface area (Å²) in [6.45, 7) is -0.892.